The van der Waals surface area contributed by atoms with Crippen LogP contribution in [0, 0.1) is 0 Å². The SMILES string of the molecule is CCN(CCNC(=O)CCC=O)c1ccccc1. The zero-order valence-electron chi connectivity index (χ0n) is 10.8. The largest absolute Gasteiger partial charge is 0.370 e. The van der Waals surface area contributed by atoms with Crippen LogP contribution in [0.1, 0.15) is 19.8 Å². The van der Waals surface area contributed by atoms with E-state index in [1.54, 1.807) is 0 Å². The molecule has 1 aromatic rings. The minimum absolute atomic E-state index is 0.0637. The molecule has 1 rings (SSSR count). The molecule has 1 amide bonds. The highest BCUT2D eigenvalue weighted by molar-refractivity contribution is 5.78. The van der Waals surface area contributed by atoms with Crippen LogP contribution in [0.4, 0.5) is 5.69 Å². The van der Waals surface area contributed by atoms with Gasteiger partial charge in [0, 0.05) is 38.2 Å². The first kappa shape index (κ1) is 14.2. The quantitative estimate of drug-likeness (QED) is 0.711. The summed E-state index contributed by atoms with van der Waals surface area (Å²) in [6.07, 6.45) is 1.34. The summed E-state index contributed by atoms with van der Waals surface area (Å²) in [5, 5.41) is 2.81. The number of amides is 1. The molecule has 0 radical (unpaired) electrons. The molecular formula is C14H20N2O2. The van der Waals surface area contributed by atoms with Crippen molar-refractivity contribution in [1.29, 1.82) is 0 Å². The smallest absolute Gasteiger partial charge is 0.220 e. The second-order valence-electron chi connectivity index (χ2n) is 3.97. The predicted octanol–water partition coefficient (Wildman–Crippen LogP) is 1.61. The predicted molar refractivity (Wildman–Crippen MR) is 72.6 cm³/mol. The average Bonchev–Trinajstić information content (AvgIpc) is 2.42. The molecule has 0 aromatic heterocycles. The van der Waals surface area contributed by atoms with Crippen LogP contribution in [0.2, 0.25) is 0 Å². The molecule has 98 valence electrons. The van der Waals surface area contributed by atoms with Crippen LogP contribution in [0.5, 0.6) is 0 Å². The molecule has 0 saturated heterocycles. The lowest BCUT2D eigenvalue weighted by atomic mass is 10.3. The number of anilines is 1. The number of carbonyl (C=O) groups excluding carboxylic acids is 2. The van der Waals surface area contributed by atoms with Gasteiger partial charge in [0.2, 0.25) is 5.91 Å². The molecule has 1 N–H and O–H groups in total. The molecule has 0 aliphatic heterocycles. The van der Waals surface area contributed by atoms with Crippen LogP contribution < -0.4 is 10.2 Å². The van der Waals surface area contributed by atoms with E-state index < -0.39 is 0 Å². The first-order valence-corrected chi connectivity index (χ1v) is 6.28. The Bertz CT molecular complexity index is 365. The average molecular weight is 248 g/mol. The molecule has 0 bridgehead atoms. The van der Waals surface area contributed by atoms with Crippen LogP contribution in [-0.2, 0) is 9.59 Å². The minimum atomic E-state index is -0.0637. The summed E-state index contributed by atoms with van der Waals surface area (Å²) in [4.78, 5) is 23.6. The van der Waals surface area contributed by atoms with Crippen molar-refractivity contribution >= 4 is 17.9 Å². The highest BCUT2D eigenvalue weighted by atomic mass is 16.1. The van der Waals surface area contributed by atoms with Gasteiger partial charge in [-0.05, 0) is 19.1 Å². The maximum Gasteiger partial charge on any atom is 0.220 e. The maximum absolute atomic E-state index is 11.3. The van der Waals surface area contributed by atoms with Crippen molar-refractivity contribution in [3.63, 3.8) is 0 Å². The monoisotopic (exact) mass is 248 g/mol. The molecule has 1 aromatic carbocycles. The van der Waals surface area contributed by atoms with E-state index in [9.17, 15) is 9.59 Å². The molecule has 0 unspecified atom stereocenters. The first-order valence-electron chi connectivity index (χ1n) is 6.28. The highest BCUT2D eigenvalue weighted by Gasteiger charge is 2.04. The Morgan fingerprint density at radius 3 is 2.67 bits per heavy atom. The molecule has 0 aliphatic rings. The summed E-state index contributed by atoms with van der Waals surface area (Å²) in [5.41, 5.74) is 1.15. The number of hydrogen-bond acceptors (Lipinski definition) is 3. The molecule has 0 aliphatic carbocycles. The van der Waals surface area contributed by atoms with E-state index in [0.717, 1.165) is 25.1 Å². The lowest BCUT2D eigenvalue weighted by Crippen LogP contribution is -2.34. The lowest BCUT2D eigenvalue weighted by Gasteiger charge is -2.23. The number of hydrogen-bond donors (Lipinski definition) is 1. The van der Waals surface area contributed by atoms with E-state index >= 15 is 0 Å². The third-order valence-corrected chi connectivity index (χ3v) is 2.70. The summed E-state index contributed by atoms with van der Waals surface area (Å²) < 4.78 is 0. The summed E-state index contributed by atoms with van der Waals surface area (Å²) in [6, 6.07) is 10.1. The molecule has 4 heteroatoms. The van der Waals surface area contributed by atoms with Crippen LogP contribution in [0.15, 0.2) is 30.3 Å². The zero-order valence-corrected chi connectivity index (χ0v) is 10.8. The van der Waals surface area contributed by atoms with Gasteiger partial charge >= 0.3 is 0 Å². The first-order chi connectivity index (χ1) is 8.77. The van der Waals surface area contributed by atoms with Gasteiger partial charge in [-0.1, -0.05) is 18.2 Å². The van der Waals surface area contributed by atoms with E-state index in [4.69, 9.17) is 0 Å². The molecular weight excluding hydrogens is 228 g/mol. The second-order valence-corrected chi connectivity index (χ2v) is 3.97. The second kappa shape index (κ2) is 8.28. The summed E-state index contributed by atoms with van der Waals surface area (Å²) >= 11 is 0. The number of nitrogens with zero attached hydrogens (tertiary/aromatic N) is 1. The van der Waals surface area contributed by atoms with Crippen molar-refractivity contribution in [3.8, 4) is 0 Å². The minimum Gasteiger partial charge on any atom is -0.370 e. The number of benzene rings is 1. The molecule has 0 saturated carbocycles. The van der Waals surface area contributed by atoms with Crippen LogP contribution >= 0.6 is 0 Å². The van der Waals surface area contributed by atoms with Crippen molar-refractivity contribution in [2.24, 2.45) is 0 Å². The van der Waals surface area contributed by atoms with Gasteiger partial charge < -0.3 is 15.0 Å². The van der Waals surface area contributed by atoms with Gasteiger partial charge in [0.25, 0.3) is 0 Å². The fraction of sp³-hybridized carbons (Fsp3) is 0.429. The van der Waals surface area contributed by atoms with Gasteiger partial charge in [-0.25, -0.2) is 0 Å². The third kappa shape index (κ3) is 4.99. The standard InChI is InChI=1S/C14H20N2O2/c1-2-16(13-7-4-3-5-8-13)11-10-15-14(18)9-6-12-17/h3-5,7-8,12H,2,6,9-11H2,1H3,(H,15,18). The Kier molecular flexibility index (Phi) is 6.54. The molecule has 4 nitrogen and oxygen atoms in total. The number of nitrogens with one attached hydrogen (secondary N) is 1. The zero-order chi connectivity index (χ0) is 13.2. The number of likely N-dealkylation sites (N-methyl/N-ethyl adjacent to an activating group) is 1. The number of carbonyl (C=O) groups is 2. The highest BCUT2D eigenvalue weighted by Crippen LogP contribution is 2.11. The van der Waals surface area contributed by atoms with E-state index in [-0.39, 0.29) is 12.3 Å². The van der Waals surface area contributed by atoms with Crippen LogP contribution in [0.3, 0.4) is 0 Å². The van der Waals surface area contributed by atoms with Crippen LogP contribution in [-0.4, -0.2) is 31.8 Å². The Hall–Kier alpha value is -1.84. The Morgan fingerprint density at radius 1 is 1.33 bits per heavy atom. The normalized spacial score (nSPS) is 9.83. The Balaban J connectivity index is 2.32. The van der Waals surface area contributed by atoms with E-state index in [2.05, 4.69) is 29.3 Å². The summed E-state index contributed by atoms with van der Waals surface area (Å²) in [5.74, 6) is -0.0637. The van der Waals surface area contributed by atoms with Crippen molar-refractivity contribution in [2.75, 3.05) is 24.5 Å². The maximum atomic E-state index is 11.3. The lowest BCUT2D eigenvalue weighted by molar-refractivity contribution is -0.122. The number of para-hydroxylation sites is 1. The van der Waals surface area contributed by atoms with Crippen molar-refractivity contribution in [3.05, 3.63) is 30.3 Å². The Morgan fingerprint density at radius 2 is 2.06 bits per heavy atom. The van der Waals surface area contributed by atoms with Gasteiger partial charge in [0.1, 0.15) is 6.29 Å². The number of aldehydes is 1. The summed E-state index contributed by atoms with van der Waals surface area (Å²) in [6.45, 7) is 4.35. The van der Waals surface area contributed by atoms with Gasteiger partial charge in [-0.3, -0.25) is 4.79 Å². The molecule has 18 heavy (non-hydrogen) atoms. The van der Waals surface area contributed by atoms with Crippen molar-refractivity contribution in [1.82, 2.24) is 5.32 Å². The van der Waals surface area contributed by atoms with Gasteiger partial charge in [-0.2, -0.15) is 0 Å². The fourth-order valence-electron chi connectivity index (χ4n) is 1.72. The van der Waals surface area contributed by atoms with Crippen LogP contribution in [0.25, 0.3) is 0 Å². The van der Waals surface area contributed by atoms with Gasteiger partial charge in [0.15, 0.2) is 0 Å². The Labute approximate surface area is 108 Å². The molecule has 0 fully saturated rings. The summed E-state index contributed by atoms with van der Waals surface area (Å²) in [7, 11) is 0. The third-order valence-electron chi connectivity index (χ3n) is 2.70. The van der Waals surface area contributed by atoms with Gasteiger partial charge in [-0.15, -0.1) is 0 Å². The topological polar surface area (TPSA) is 49.4 Å². The van der Waals surface area contributed by atoms with E-state index in [1.165, 1.54) is 0 Å². The van der Waals surface area contributed by atoms with E-state index in [1.807, 2.05) is 18.2 Å². The number of rotatable bonds is 8. The van der Waals surface area contributed by atoms with Gasteiger partial charge in [0.05, 0.1) is 0 Å². The fourth-order valence-corrected chi connectivity index (χ4v) is 1.72. The molecule has 0 atom stereocenters. The molecule has 0 heterocycles. The van der Waals surface area contributed by atoms with Crippen molar-refractivity contribution in [2.45, 2.75) is 19.8 Å². The van der Waals surface area contributed by atoms with E-state index in [0.29, 0.717) is 13.0 Å². The molecule has 0 spiro atoms. The van der Waals surface area contributed by atoms with Crippen molar-refractivity contribution < 1.29 is 9.59 Å².